The van der Waals surface area contributed by atoms with E-state index in [0.717, 1.165) is 9.80 Å². The van der Waals surface area contributed by atoms with Crippen molar-refractivity contribution in [3.05, 3.63) is 29.8 Å². The van der Waals surface area contributed by atoms with Crippen LogP contribution in [0.1, 0.15) is 77.2 Å². The summed E-state index contributed by atoms with van der Waals surface area (Å²) < 4.78 is 0. The van der Waals surface area contributed by atoms with Gasteiger partial charge in [-0.2, -0.15) is 11.8 Å². The number of carbonyl (C=O) groups excluding carboxylic acids is 9. The lowest BCUT2D eigenvalue weighted by Gasteiger charge is -2.31. The smallest absolute Gasteiger partial charge is 0.326 e. The Morgan fingerprint density at radius 3 is 1.63 bits per heavy atom. The first-order valence-corrected chi connectivity index (χ1v) is 24.8. The first kappa shape index (κ1) is 60.2. The second-order valence-electron chi connectivity index (χ2n) is 18.0. The summed E-state index contributed by atoms with van der Waals surface area (Å²) in [6, 6.07) is -8.20. The molecule has 1 aromatic rings. The van der Waals surface area contributed by atoms with E-state index in [4.69, 9.17) is 11.5 Å². The largest absolute Gasteiger partial charge is 0.508 e. The number of nitrogens with two attached hydrogens (primary N) is 2. The highest BCUT2D eigenvalue weighted by Crippen LogP contribution is 2.22. The van der Waals surface area contributed by atoms with Gasteiger partial charge < -0.3 is 78.7 Å². The number of nitrogens with zero attached hydrogens (tertiary/aromatic N) is 2. The third-order valence-electron chi connectivity index (χ3n) is 11.8. The Bertz CT molecular complexity index is 2200. The summed E-state index contributed by atoms with van der Waals surface area (Å²) in [6.07, 6.45) is -0.731. The molecular weight excluding hydrogens is 985 g/mol. The minimum atomic E-state index is -1.86. The highest BCUT2D eigenvalue weighted by Gasteiger charge is 2.42. The maximum absolute atomic E-state index is 14.6. The number of aliphatic hydroxyl groups is 1. The molecule has 0 bridgehead atoms. The Morgan fingerprint density at radius 2 is 1.11 bits per heavy atom. The van der Waals surface area contributed by atoms with Gasteiger partial charge in [0.2, 0.25) is 53.2 Å². The number of thioether (sulfide) groups is 1. The van der Waals surface area contributed by atoms with E-state index in [-0.39, 0.29) is 69.0 Å². The van der Waals surface area contributed by atoms with Crippen LogP contribution in [0.15, 0.2) is 24.3 Å². The van der Waals surface area contributed by atoms with Crippen LogP contribution in [0.5, 0.6) is 5.75 Å². The molecule has 28 heteroatoms. The average Bonchev–Trinajstić information content (AvgIpc) is 4.03. The summed E-state index contributed by atoms with van der Waals surface area (Å²) in [5.41, 5.74) is 11.3. The minimum Gasteiger partial charge on any atom is -0.508 e. The number of nitrogens with one attached hydrogen (secondary N) is 6. The van der Waals surface area contributed by atoms with Crippen LogP contribution in [0.25, 0.3) is 0 Å². The number of rotatable bonds is 29. The van der Waals surface area contributed by atoms with Crippen molar-refractivity contribution in [1.29, 1.82) is 0 Å². The summed E-state index contributed by atoms with van der Waals surface area (Å²) in [5, 5.41) is 62.4. The zero-order valence-electron chi connectivity index (χ0n) is 40.6. The summed E-state index contributed by atoms with van der Waals surface area (Å²) in [4.78, 5) is 159. The van der Waals surface area contributed by atoms with Crippen molar-refractivity contribution >= 4 is 82.8 Å². The van der Waals surface area contributed by atoms with E-state index in [2.05, 4.69) is 31.9 Å². The molecule has 15 N–H and O–H groups in total. The highest BCUT2D eigenvalue weighted by molar-refractivity contribution is 7.98. The van der Waals surface area contributed by atoms with E-state index < -0.39 is 151 Å². The number of phenols is 1. The molecule has 0 aromatic heterocycles. The van der Waals surface area contributed by atoms with Gasteiger partial charge in [-0.3, -0.25) is 52.7 Å². The normalized spacial score (nSPS) is 18.2. The molecule has 2 fully saturated rings. The van der Waals surface area contributed by atoms with Gasteiger partial charge >= 0.3 is 17.9 Å². The summed E-state index contributed by atoms with van der Waals surface area (Å²) in [5.74, 6) is -13.5. The van der Waals surface area contributed by atoms with Crippen LogP contribution >= 0.6 is 11.8 Å². The number of carboxylic acids is 3. The molecule has 9 atom stereocenters. The Labute approximate surface area is 423 Å². The first-order chi connectivity index (χ1) is 34.4. The molecule has 73 heavy (non-hydrogen) atoms. The SMILES string of the molecule is CSCC[C@H](NC(=O)[C@H](CC(=O)O)NC(=O)[C@@H](N)CO)C(=O)N[C@@H](Cc1ccc(O)cc1)C(=O)N1CCC[C@H]1C(=O)N[C@@H](CC(=O)O)C(=O)N[C@@H](CC(C)C)C(=O)N[C@@H](CC(N)=O)C(=O)N1CCC[C@H]1C(=O)O. The molecule has 0 saturated carbocycles. The van der Waals surface area contributed by atoms with Gasteiger partial charge in [-0.1, -0.05) is 26.0 Å². The lowest BCUT2D eigenvalue weighted by molar-refractivity contribution is -0.149. The van der Waals surface area contributed by atoms with Crippen molar-refractivity contribution in [2.45, 2.75) is 132 Å². The van der Waals surface area contributed by atoms with Crippen LogP contribution in [0, 0.1) is 5.92 Å². The molecule has 0 spiro atoms. The third kappa shape index (κ3) is 18.8. The zero-order valence-corrected chi connectivity index (χ0v) is 41.4. The van der Waals surface area contributed by atoms with Crippen LogP contribution in [0.3, 0.4) is 0 Å². The number of aliphatic hydroxyl groups excluding tert-OH is 1. The van der Waals surface area contributed by atoms with Crippen LogP contribution < -0.4 is 43.4 Å². The van der Waals surface area contributed by atoms with Gasteiger partial charge in [0.05, 0.1) is 25.9 Å². The number of aliphatic carboxylic acids is 3. The fourth-order valence-corrected chi connectivity index (χ4v) is 8.63. The number of hydrogen-bond acceptors (Lipinski definition) is 16. The van der Waals surface area contributed by atoms with Gasteiger partial charge in [-0.15, -0.1) is 0 Å². The minimum absolute atomic E-state index is 0.00466. The van der Waals surface area contributed by atoms with Crippen molar-refractivity contribution in [2.24, 2.45) is 17.4 Å². The number of amides is 9. The molecular formula is C45H66N10O17S. The van der Waals surface area contributed by atoms with Gasteiger partial charge in [0.25, 0.3) is 0 Å². The standard InChI is InChI=1S/C45H66N10O17S/c1-22(2)16-27(39(65)53-31(18-34(47)58)44(70)55-14-5-7-33(55)45(71)72)50-41(67)29(20-36(61)62)51-42(68)32-6-4-13-54(32)43(69)30(17-23-8-10-24(57)11-9-23)52-38(64)26(12-15-73-3)48-40(66)28(19-35(59)60)49-37(63)25(46)21-56/h8-11,22,25-33,56-57H,4-7,12-21,46H2,1-3H3,(H2,47,58)(H,48,66)(H,49,63)(H,50,67)(H,51,68)(H,52,64)(H,53,65)(H,59,60)(H,61,62)(H,71,72)/t25-,26-,27-,28-,29-,30-,31-,32-,33-/m0/s1. The molecule has 0 radical (unpaired) electrons. The Hall–Kier alpha value is -7.07. The fraction of sp³-hybridized carbons (Fsp3) is 0.600. The van der Waals surface area contributed by atoms with E-state index in [1.54, 1.807) is 20.1 Å². The van der Waals surface area contributed by atoms with E-state index in [1.165, 1.54) is 36.0 Å². The summed E-state index contributed by atoms with van der Waals surface area (Å²) in [6.45, 7) is 2.48. The summed E-state index contributed by atoms with van der Waals surface area (Å²) in [7, 11) is 0. The molecule has 3 rings (SSSR count). The number of benzene rings is 1. The number of carbonyl (C=O) groups is 12. The van der Waals surface area contributed by atoms with E-state index in [0.29, 0.717) is 12.0 Å². The van der Waals surface area contributed by atoms with Gasteiger partial charge in [0, 0.05) is 19.5 Å². The predicted molar refractivity (Wildman–Crippen MR) is 256 cm³/mol. The Morgan fingerprint density at radius 1 is 0.644 bits per heavy atom. The number of aromatic hydroxyl groups is 1. The summed E-state index contributed by atoms with van der Waals surface area (Å²) >= 11 is 1.28. The van der Waals surface area contributed by atoms with Crippen molar-refractivity contribution in [3.8, 4) is 5.75 Å². The number of phenolic OH excluding ortho intramolecular Hbond substituents is 1. The van der Waals surface area contributed by atoms with Crippen molar-refractivity contribution in [3.63, 3.8) is 0 Å². The maximum Gasteiger partial charge on any atom is 0.326 e. The van der Waals surface area contributed by atoms with Crippen molar-refractivity contribution in [1.82, 2.24) is 41.7 Å². The lowest BCUT2D eigenvalue weighted by atomic mass is 10.0. The molecule has 1 aromatic carbocycles. The van der Waals surface area contributed by atoms with Crippen LogP contribution in [0.4, 0.5) is 0 Å². The van der Waals surface area contributed by atoms with Gasteiger partial charge in [0.15, 0.2) is 0 Å². The Balaban J connectivity index is 1.90. The lowest BCUT2D eigenvalue weighted by Crippen LogP contribution is -2.61. The van der Waals surface area contributed by atoms with E-state index in [1.807, 2.05) is 0 Å². The van der Waals surface area contributed by atoms with Crippen molar-refractivity contribution in [2.75, 3.05) is 31.7 Å². The topological polar surface area (TPSA) is 437 Å². The monoisotopic (exact) mass is 1050 g/mol. The number of hydrogen-bond donors (Lipinski definition) is 13. The quantitative estimate of drug-likeness (QED) is 0.0362. The molecule has 2 aliphatic heterocycles. The van der Waals surface area contributed by atoms with Gasteiger partial charge in [-0.05, 0) is 74.1 Å². The molecule has 0 aliphatic carbocycles. The van der Waals surface area contributed by atoms with Crippen molar-refractivity contribution < 1.29 is 83.1 Å². The first-order valence-electron chi connectivity index (χ1n) is 23.4. The molecule has 27 nitrogen and oxygen atoms in total. The predicted octanol–water partition coefficient (Wildman–Crippen LogP) is -4.15. The number of likely N-dealkylation sites (tertiary alicyclic amines) is 2. The molecule has 2 saturated heterocycles. The van der Waals surface area contributed by atoms with Gasteiger partial charge in [-0.25, -0.2) is 4.79 Å². The average molecular weight is 1050 g/mol. The Kier molecular flexibility index (Phi) is 23.8. The molecule has 9 amide bonds. The molecule has 0 unspecified atom stereocenters. The second kappa shape index (κ2) is 28.8. The molecule has 2 aliphatic rings. The third-order valence-corrected chi connectivity index (χ3v) is 12.5. The fourth-order valence-electron chi connectivity index (χ4n) is 8.15. The second-order valence-corrected chi connectivity index (χ2v) is 19.0. The van der Waals surface area contributed by atoms with Gasteiger partial charge in [0.1, 0.15) is 60.1 Å². The molecule has 2 heterocycles. The molecule has 404 valence electrons. The van der Waals surface area contributed by atoms with E-state index >= 15 is 0 Å². The zero-order chi connectivity index (χ0) is 54.7. The maximum atomic E-state index is 14.6. The van der Waals surface area contributed by atoms with Crippen LogP contribution in [-0.4, -0.2) is 192 Å². The van der Waals surface area contributed by atoms with E-state index in [9.17, 15) is 83.1 Å². The highest BCUT2D eigenvalue weighted by atomic mass is 32.2. The van der Waals surface area contributed by atoms with Crippen LogP contribution in [0.2, 0.25) is 0 Å². The number of carboxylic acid groups (broad SMARTS) is 3. The van der Waals surface area contributed by atoms with Crippen LogP contribution in [-0.2, 0) is 64.0 Å². The number of primary amides is 1.